The van der Waals surface area contributed by atoms with Crippen molar-refractivity contribution in [3.8, 4) is 0 Å². The van der Waals surface area contributed by atoms with E-state index in [1.807, 2.05) is 6.08 Å². The first kappa shape index (κ1) is 58.2. The summed E-state index contributed by atoms with van der Waals surface area (Å²) in [6.45, 7) is 4.66. The summed E-state index contributed by atoms with van der Waals surface area (Å²) in [6.07, 6.45) is 44.3. The normalized spacial score (nSPS) is 17.3. The maximum absolute atomic E-state index is 12.7. The SMILES string of the molecule is CCCCC/C=C\C/C=C\CC1OC1C/C=C\CCCC(=O)O[C@H](COC(=O)CCCCCCCCCCCCCCCCCCCCC(C)C)COP(=O)(O)OC[C@@H](O)CO. The highest BCUT2D eigenvalue weighted by Crippen LogP contribution is 2.43. The van der Waals surface area contributed by atoms with Crippen molar-refractivity contribution < 1.29 is 52.5 Å². The van der Waals surface area contributed by atoms with Crippen LogP contribution in [0.3, 0.4) is 0 Å². The summed E-state index contributed by atoms with van der Waals surface area (Å²) >= 11 is 0. The Kier molecular flexibility index (Phi) is 38.1. The van der Waals surface area contributed by atoms with Crippen LogP contribution in [0.2, 0.25) is 0 Å². The number of hydrogen-bond acceptors (Lipinski definition) is 10. The molecule has 0 radical (unpaired) electrons. The maximum Gasteiger partial charge on any atom is 0.472 e. The molecule has 362 valence electrons. The van der Waals surface area contributed by atoms with E-state index >= 15 is 0 Å². The van der Waals surface area contributed by atoms with Crippen molar-refractivity contribution in [2.75, 3.05) is 26.4 Å². The van der Waals surface area contributed by atoms with E-state index in [2.05, 4.69) is 51.2 Å². The summed E-state index contributed by atoms with van der Waals surface area (Å²) in [5, 5.41) is 18.4. The van der Waals surface area contributed by atoms with Gasteiger partial charge in [-0.05, 0) is 57.3 Å². The fraction of sp³-hybridized carbons (Fsp3) is 0.840. The molecule has 0 aromatic heterocycles. The van der Waals surface area contributed by atoms with Crippen LogP contribution in [0, 0.1) is 5.92 Å². The quantitative estimate of drug-likeness (QED) is 0.0175. The number of rotatable bonds is 45. The summed E-state index contributed by atoms with van der Waals surface area (Å²) in [7, 11) is -4.64. The molecule has 0 aliphatic carbocycles. The number of allylic oxidation sites excluding steroid dienone is 4. The zero-order valence-corrected chi connectivity index (χ0v) is 40.3. The molecule has 3 unspecified atom stereocenters. The minimum absolute atomic E-state index is 0.101. The Morgan fingerprint density at radius 1 is 0.613 bits per heavy atom. The van der Waals surface area contributed by atoms with E-state index in [-0.39, 0.29) is 31.7 Å². The minimum Gasteiger partial charge on any atom is -0.462 e. The predicted octanol–water partition coefficient (Wildman–Crippen LogP) is 12.7. The lowest BCUT2D eigenvalue weighted by atomic mass is 10.0. The van der Waals surface area contributed by atoms with Crippen LogP contribution >= 0.6 is 7.82 Å². The first-order valence-electron chi connectivity index (χ1n) is 24.9. The number of carbonyl (C=O) groups is 2. The predicted molar refractivity (Wildman–Crippen MR) is 251 cm³/mol. The molecule has 0 bridgehead atoms. The van der Waals surface area contributed by atoms with Crippen molar-refractivity contribution in [1.82, 2.24) is 0 Å². The van der Waals surface area contributed by atoms with Gasteiger partial charge in [0.1, 0.15) is 12.7 Å². The Morgan fingerprint density at radius 3 is 1.66 bits per heavy atom. The highest BCUT2D eigenvalue weighted by Gasteiger charge is 2.36. The average Bonchev–Trinajstić information content (AvgIpc) is 4.01. The van der Waals surface area contributed by atoms with Crippen LogP contribution in [0.15, 0.2) is 36.5 Å². The Labute approximate surface area is 377 Å². The van der Waals surface area contributed by atoms with Crippen LogP contribution < -0.4 is 0 Å². The molecule has 62 heavy (non-hydrogen) atoms. The van der Waals surface area contributed by atoms with E-state index in [1.165, 1.54) is 116 Å². The molecule has 1 aliphatic heterocycles. The monoisotopic (exact) mass is 899 g/mol. The van der Waals surface area contributed by atoms with Crippen LogP contribution in [0.4, 0.5) is 0 Å². The molecule has 0 aromatic carbocycles. The first-order chi connectivity index (χ1) is 30.1. The van der Waals surface area contributed by atoms with Crippen molar-refractivity contribution in [3.63, 3.8) is 0 Å². The van der Waals surface area contributed by atoms with Crippen LogP contribution in [-0.4, -0.2) is 77.9 Å². The van der Waals surface area contributed by atoms with Crippen LogP contribution in [0.5, 0.6) is 0 Å². The molecule has 0 amide bonds. The minimum atomic E-state index is -4.64. The van der Waals surface area contributed by atoms with Gasteiger partial charge in [0.05, 0.1) is 32.0 Å². The van der Waals surface area contributed by atoms with E-state index in [9.17, 15) is 24.2 Å². The van der Waals surface area contributed by atoms with Crippen molar-refractivity contribution in [1.29, 1.82) is 0 Å². The second-order valence-electron chi connectivity index (χ2n) is 17.7. The van der Waals surface area contributed by atoms with Gasteiger partial charge in [-0.1, -0.05) is 186 Å². The Morgan fingerprint density at radius 2 is 1.10 bits per heavy atom. The van der Waals surface area contributed by atoms with Gasteiger partial charge in [-0.3, -0.25) is 18.6 Å². The van der Waals surface area contributed by atoms with Crippen molar-refractivity contribution in [2.45, 2.75) is 238 Å². The summed E-state index contributed by atoms with van der Waals surface area (Å²) < 4.78 is 38.6. The van der Waals surface area contributed by atoms with E-state index in [0.29, 0.717) is 19.3 Å². The molecule has 0 spiro atoms. The number of aliphatic hydroxyl groups excluding tert-OH is 2. The molecular formula is C50H91O11P. The lowest BCUT2D eigenvalue weighted by molar-refractivity contribution is -0.161. The first-order valence-corrected chi connectivity index (χ1v) is 26.4. The molecule has 1 saturated heterocycles. The van der Waals surface area contributed by atoms with Gasteiger partial charge < -0.3 is 29.3 Å². The molecule has 0 saturated carbocycles. The number of esters is 2. The largest absolute Gasteiger partial charge is 0.472 e. The second-order valence-corrected chi connectivity index (χ2v) is 19.2. The number of hydrogen-bond donors (Lipinski definition) is 3. The van der Waals surface area contributed by atoms with Crippen molar-refractivity contribution in [2.24, 2.45) is 5.92 Å². The molecule has 1 heterocycles. The van der Waals surface area contributed by atoms with Gasteiger partial charge in [0.15, 0.2) is 6.10 Å². The van der Waals surface area contributed by atoms with Crippen molar-refractivity contribution >= 4 is 19.8 Å². The molecule has 0 aromatic rings. The number of ether oxygens (including phenoxy) is 3. The smallest absolute Gasteiger partial charge is 0.462 e. The van der Waals surface area contributed by atoms with Crippen LogP contribution in [-0.2, 0) is 37.4 Å². The highest BCUT2D eigenvalue weighted by atomic mass is 31.2. The fourth-order valence-electron chi connectivity index (χ4n) is 7.15. The molecule has 12 heteroatoms. The molecule has 11 nitrogen and oxygen atoms in total. The maximum atomic E-state index is 12.7. The highest BCUT2D eigenvalue weighted by molar-refractivity contribution is 7.47. The summed E-state index contributed by atoms with van der Waals surface area (Å²) in [5.74, 6) is -0.150. The number of phosphoric ester groups is 1. The Bertz CT molecular complexity index is 1210. The lowest BCUT2D eigenvalue weighted by Gasteiger charge is -2.20. The average molecular weight is 899 g/mol. The Hall–Kier alpha value is -1.85. The summed E-state index contributed by atoms with van der Waals surface area (Å²) in [6, 6.07) is 0. The molecule has 1 aliphatic rings. The molecule has 1 fully saturated rings. The van der Waals surface area contributed by atoms with Crippen molar-refractivity contribution in [3.05, 3.63) is 36.5 Å². The number of carbonyl (C=O) groups excluding carboxylic acids is 2. The third kappa shape index (κ3) is 38.6. The summed E-state index contributed by atoms with van der Waals surface area (Å²) in [5.41, 5.74) is 0. The second kappa shape index (κ2) is 40.6. The van der Waals surface area contributed by atoms with Gasteiger partial charge in [-0.25, -0.2) is 4.57 Å². The van der Waals surface area contributed by atoms with Gasteiger partial charge >= 0.3 is 19.8 Å². The molecule has 3 N–H and O–H groups in total. The number of phosphoric acid groups is 1. The Balaban J connectivity index is 2.21. The van der Waals surface area contributed by atoms with Gasteiger partial charge in [0.25, 0.3) is 0 Å². The van der Waals surface area contributed by atoms with Crippen LogP contribution in [0.1, 0.15) is 213 Å². The molecule has 5 atom stereocenters. The number of unbranched alkanes of at least 4 members (excludes halogenated alkanes) is 21. The van der Waals surface area contributed by atoms with Gasteiger partial charge in [0.2, 0.25) is 0 Å². The lowest BCUT2D eigenvalue weighted by Crippen LogP contribution is -2.29. The number of epoxide rings is 1. The third-order valence-corrected chi connectivity index (χ3v) is 12.1. The van der Waals surface area contributed by atoms with E-state index in [0.717, 1.165) is 50.9 Å². The molecular weight excluding hydrogens is 808 g/mol. The van der Waals surface area contributed by atoms with E-state index < -0.39 is 51.8 Å². The topological polar surface area (TPSA) is 161 Å². The summed E-state index contributed by atoms with van der Waals surface area (Å²) in [4.78, 5) is 35.2. The third-order valence-electron chi connectivity index (χ3n) is 11.1. The zero-order chi connectivity index (χ0) is 45.4. The van der Waals surface area contributed by atoms with Gasteiger partial charge in [0, 0.05) is 12.8 Å². The van der Waals surface area contributed by atoms with Gasteiger partial charge in [-0.2, -0.15) is 0 Å². The fourth-order valence-corrected chi connectivity index (χ4v) is 7.94. The van der Waals surface area contributed by atoms with Gasteiger partial charge in [-0.15, -0.1) is 0 Å². The van der Waals surface area contributed by atoms with Crippen LogP contribution in [0.25, 0.3) is 0 Å². The van der Waals surface area contributed by atoms with E-state index in [1.54, 1.807) is 0 Å². The molecule has 1 rings (SSSR count). The number of aliphatic hydroxyl groups is 2. The zero-order valence-electron chi connectivity index (χ0n) is 39.4. The standard InChI is InChI=1S/C50H91O11P/c1-4-5-6-7-8-19-23-26-31-36-47-48(61-47)37-32-28-29-34-39-50(54)60-46(43-59-62(55,56)58-41-45(52)40-51)42-57-49(53)38-33-27-24-21-18-16-14-12-10-9-11-13-15-17-20-22-25-30-35-44(2)3/h8,19,26,28,31-32,44-48,51-52H,4-7,9-18,20-25,27,29-30,33-43H2,1-3H3,(H,55,56)/b19-8-,31-26-,32-28-/t45-,46+,47?,48?/m0/s1. The van der Waals surface area contributed by atoms with E-state index in [4.69, 9.17) is 28.4 Å².